The summed E-state index contributed by atoms with van der Waals surface area (Å²) in [6.07, 6.45) is 3.64. The van der Waals surface area contributed by atoms with Crippen molar-refractivity contribution in [2.24, 2.45) is 5.41 Å². The molecule has 9 heteroatoms. The summed E-state index contributed by atoms with van der Waals surface area (Å²) in [5.41, 5.74) is -2.83. The predicted molar refractivity (Wildman–Crippen MR) is 149 cm³/mol. The molecule has 0 aromatic heterocycles. The van der Waals surface area contributed by atoms with Gasteiger partial charge in [0.2, 0.25) is 11.5 Å². The first-order valence-electron chi connectivity index (χ1n) is 14.4. The molecule has 1 amide bonds. The highest BCUT2D eigenvalue weighted by atomic mass is 28.4. The fourth-order valence-corrected chi connectivity index (χ4v) is 9.79. The van der Waals surface area contributed by atoms with Crippen molar-refractivity contribution in [3.63, 3.8) is 0 Å². The minimum absolute atomic E-state index is 0.00334. The maximum absolute atomic E-state index is 14.8. The molecule has 1 aromatic carbocycles. The van der Waals surface area contributed by atoms with E-state index in [9.17, 15) is 14.4 Å². The number of likely N-dealkylation sites (N-methyl/N-ethyl adjacent to an activating group) is 1. The van der Waals surface area contributed by atoms with Crippen LogP contribution in [0.15, 0.2) is 24.3 Å². The number of benzene rings is 1. The number of para-hydroxylation sites is 1. The van der Waals surface area contributed by atoms with Crippen LogP contribution in [0.3, 0.4) is 0 Å². The summed E-state index contributed by atoms with van der Waals surface area (Å²) in [5.74, 6) is -0.849. The average molecular weight is 555 g/mol. The van der Waals surface area contributed by atoms with Gasteiger partial charge in [0.1, 0.15) is 0 Å². The number of carbonyl (C=O) groups excluding carboxylic acids is 3. The number of hydrogen-bond acceptors (Lipinski definition) is 7. The summed E-state index contributed by atoms with van der Waals surface area (Å²) >= 11 is 0. The molecule has 0 aliphatic carbocycles. The average Bonchev–Trinajstić information content (AvgIpc) is 3.48. The summed E-state index contributed by atoms with van der Waals surface area (Å²) in [5, 5.41) is 0.128. The Kier molecular flexibility index (Phi) is 5.64. The van der Waals surface area contributed by atoms with E-state index in [1.807, 2.05) is 35.0 Å². The van der Waals surface area contributed by atoms with E-state index >= 15 is 0 Å². The quantitative estimate of drug-likeness (QED) is 0.216. The van der Waals surface area contributed by atoms with Crippen molar-refractivity contribution in [2.45, 2.75) is 100 Å². The van der Waals surface area contributed by atoms with Crippen LogP contribution in [0.25, 0.3) is 0 Å². The number of Topliss-reactive ketones (excluding diaryl/α,β-unsaturated/α-hetero) is 1. The monoisotopic (exact) mass is 554 g/mol. The molecule has 8 nitrogen and oxygen atoms in total. The summed E-state index contributed by atoms with van der Waals surface area (Å²) in [7, 11) is 1.35. The van der Waals surface area contributed by atoms with Gasteiger partial charge in [0.25, 0.3) is 0 Å². The molecule has 5 atom stereocenters. The van der Waals surface area contributed by atoms with Gasteiger partial charge in [0, 0.05) is 32.3 Å². The van der Waals surface area contributed by atoms with Crippen molar-refractivity contribution < 1.29 is 28.3 Å². The highest BCUT2D eigenvalue weighted by Crippen LogP contribution is 2.78. The van der Waals surface area contributed by atoms with Crippen molar-refractivity contribution >= 4 is 31.7 Å². The number of carbonyl (C=O) groups is 3. The van der Waals surface area contributed by atoms with Crippen LogP contribution < -0.4 is 4.90 Å². The topological polar surface area (TPSA) is 85.4 Å². The van der Waals surface area contributed by atoms with Crippen molar-refractivity contribution in [1.82, 2.24) is 4.90 Å². The Labute approximate surface area is 232 Å². The Balaban J connectivity index is 1.43. The number of piperidine rings is 1. The fraction of sp³-hybridized carbons (Fsp3) is 0.700. The van der Waals surface area contributed by atoms with E-state index in [-0.39, 0.29) is 23.1 Å². The first-order chi connectivity index (χ1) is 18.3. The third kappa shape index (κ3) is 2.84. The lowest BCUT2D eigenvalue weighted by atomic mass is 9.48. The number of ketones is 1. The summed E-state index contributed by atoms with van der Waals surface area (Å²) in [6.45, 7) is 12.4. The fourth-order valence-electron chi connectivity index (χ4n) is 8.71. The number of amides is 1. The normalized spacial score (nSPS) is 36.3. The van der Waals surface area contributed by atoms with E-state index in [1.54, 1.807) is 0 Å². The maximum Gasteiger partial charge on any atom is 0.348 e. The number of anilines is 1. The third-order valence-electron chi connectivity index (χ3n) is 11.2. The number of fused-ring (bicyclic) bond motifs is 3. The Morgan fingerprint density at radius 2 is 1.90 bits per heavy atom. The second kappa shape index (κ2) is 8.16. The number of unbranched alkanes of at least 4 members (excludes halogenated alkanes) is 1. The molecule has 0 radical (unpaired) electrons. The van der Waals surface area contributed by atoms with Crippen molar-refractivity contribution in [1.29, 1.82) is 0 Å². The van der Waals surface area contributed by atoms with Crippen LogP contribution in [0.4, 0.5) is 5.69 Å². The SMILES string of the molecule is COC(=O)[C@]12O[C@]34N(CCC[C@]3(CCCCO[Si](C)(C)C(C)(C)C)C1=O)C(=O)CC41c3ccccc3N(C)C12. The van der Waals surface area contributed by atoms with Crippen LogP contribution in [-0.4, -0.2) is 75.6 Å². The highest BCUT2D eigenvalue weighted by Gasteiger charge is 2.96. The zero-order valence-corrected chi connectivity index (χ0v) is 25.4. The number of hydrogen-bond donors (Lipinski definition) is 0. The van der Waals surface area contributed by atoms with Gasteiger partial charge in [-0.1, -0.05) is 45.4 Å². The smallest absolute Gasteiger partial charge is 0.348 e. The van der Waals surface area contributed by atoms with Gasteiger partial charge < -0.3 is 23.7 Å². The van der Waals surface area contributed by atoms with Crippen LogP contribution in [0.5, 0.6) is 0 Å². The van der Waals surface area contributed by atoms with Crippen LogP contribution in [-0.2, 0) is 33.7 Å². The molecule has 5 heterocycles. The van der Waals surface area contributed by atoms with Gasteiger partial charge >= 0.3 is 5.97 Å². The van der Waals surface area contributed by atoms with Gasteiger partial charge in [-0.2, -0.15) is 0 Å². The van der Waals surface area contributed by atoms with E-state index in [4.69, 9.17) is 13.9 Å². The summed E-state index contributed by atoms with van der Waals surface area (Å²) < 4.78 is 18.7. The molecule has 4 fully saturated rings. The minimum Gasteiger partial charge on any atom is -0.466 e. The van der Waals surface area contributed by atoms with Crippen molar-refractivity contribution in [3.05, 3.63) is 29.8 Å². The Morgan fingerprint density at radius 1 is 1.18 bits per heavy atom. The third-order valence-corrected chi connectivity index (χ3v) is 15.7. The molecule has 6 rings (SSSR count). The lowest BCUT2D eigenvalue weighted by molar-refractivity contribution is -0.211. The molecule has 5 aliphatic heterocycles. The molecule has 0 saturated carbocycles. The van der Waals surface area contributed by atoms with Crippen LogP contribution in [0.1, 0.15) is 64.9 Å². The van der Waals surface area contributed by atoms with Crippen molar-refractivity contribution in [3.8, 4) is 0 Å². The summed E-state index contributed by atoms with van der Waals surface area (Å²) in [6, 6.07) is 7.39. The molecule has 1 aromatic rings. The molecule has 2 spiro atoms. The first kappa shape index (κ1) is 27.0. The molecule has 212 valence electrons. The summed E-state index contributed by atoms with van der Waals surface area (Å²) in [4.78, 5) is 46.2. The van der Waals surface area contributed by atoms with Crippen LogP contribution >= 0.6 is 0 Å². The van der Waals surface area contributed by atoms with E-state index in [0.29, 0.717) is 32.4 Å². The Bertz CT molecular complexity index is 1260. The molecule has 0 N–H and O–H groups in total. The van der Waals surface area contributed by atoms with E-state index in [0.717, 1.165) is 24.1 Å². The maximum atomic E-state index is 14.8. The molecular formula is C30H42N2O6Si. The number of nitrogens with zero attached hydrogens (tertiary/aromatic N) is 2. The first-order valence-corrected chi connectivity index (χ1v) is 17.3. The Hall–Kier alpha value is -2.23. The predicted octanol–water partition coefficient (Wildman–Crippen LogP) is 4.17. The molecular weight excluding hydrogens is 512 g/mol. The molecule has 2 bridgehead atoms. The van der Waals surface area contributed by atoms with Gasteiger partial charge in [-0.3, -0.25) is 9.59 Å². The highest BCUT2D eigenvalue weighted by molar-refractivity contribution is 6.74. The molecule has 5 aliphatic rings. The van der Waals surface area contributed by atoms with Crippen molar-refractivity contribution in [2.75, 3.05) is 32.2 Å². The van der Waals surface area contributed by atoms with Crippen LogP contribution in [0, 0.1) is 5.41 Å². The minimum atomic E-state index is -1.88. The molecule has 4 saturated heterocycles. The Morgan fingerprint density at radius 3 is 2.59 bits per heavy atom. The van der Waals surface area contributed by atoms with E-state index in [1.165, 1.54) is 7.11 Å². The number of ether oxygens (including phenoxy) is 2. The van der Waals surface area contributed by atoms with Gasteiger partial charge in [0.05, 0.1) is 24.0 Å². The zero-order chi connectivity index (χ0) is 28.2. The van der Waals surface area contributed by atoms with Gasteiger partial charge in [-0.05, 0) is 55.4 Å². The van der Waals surface area contributed by atoms with Crippen LogP contribution in [0.2, 0.25) is 18.1 Å². The standard InChI is InChI=1S/C30H42N2O6Si/c1-26(2,3)39(6,7)37-18-11-10-15-27-16-12-17-32-22(33)19-28-20-13-8-9-14-21(20)31(4)23(28)29(24(27)34,25(35)36-5)38-30(27,28)32/h8-9,13-14,23H,10-12,15-19H2,1-7H3/t23?,27-,28?,29-,30-/m1/s1. The second-order valence-electron chi connectivity index (χ2n) is 13.8. The van der Waals surface area contributed by atoms with E-state index in [2.05, 4.69) is 39.9 Å². The van der Waals surface area contributed by atoms with E-state index < -0.39 is 42.5 Å². The number of rotatable bonds is 7. The number of methoxy groups -OCH3 is 1. The lowest BCUT2D eigenvalue weighted by Gasteiger charge is -2.57. The van der Waals surface area contributed by atoms with Gasteiger partial charge in [-0.15, -0.1) is 0 Å². The number of esters is 1. The second-order valence-corrected chi connectivity index (χ2v) is 18.6. The van der Waals surface area contributed by atoms with Gasteiger partial charge in [0.15, 0.2) is 19.8 Å². The zero-order valence-electron chi connectivity index (χ0n) is 24.4. The van der Waals surface area contributed by atoms with Gasteiger partial charge in [-0.25, -0.2) is 4.79 Å². The molecule has 39 heavy (non-hydrogen) atoms. The largest absolute Gasteiger partial charge is 0.466 e. The molecule has 2 unspecified atom stereocenters. The lowest BCUT2D eigenvalue weighted by Crippen LogP contribution is -2.74.